The fraction of sp³-hybridized carbons (Fsp3) is 0.333. The lowest BCUT2D eigenvalue weighted by Crippen LogP contribution is -2.34. The Morgan fingerprint density at radius 1 is 1.24 bits per heavy atom. The zero-order valence-corrected chi connectivity index (χ0v) is 17.5. The van der Waals surface area contributed by atoms with E-state index in [0.717, 1.165) is 18.4 Å². The van der Waals surface area contributed by atoms with E-state index in [1.165, 1.54) is 11.3 Å². The molecule has 152 valence electrons. The normalized spacial score (nSPS) is 13.0. The van der Waals surface area contributed by atoms with Crippen LogP contribution < -0.4 is 11.1 Å². The van der Waals surface area contributed by atoms with Crippen molar-refractivity contribution in [3.05, 3.63) is 46.6 Å². The van der Waals surface area contributed by atoms with E-state index in [1.54, 1.807) is 29.9 Å². The van der Waals surface area contributed by atoms with Crippen molar-refractivity contribution >= 4 is 45.8 Å². The topological polar surface area (TPSA) is 101 Å². The first-order valence-electron chi connectivity index (χ1n) is 9.68. The molecular formula is C21H25N5O2S. The Hall–Kier alpha value is -3.00. The van der Waals surface area contributed by atoms with Gasteiger partial charge in [-0.1, -0.05) is 19.9 Å². The Morgan fingerprint density at radius 3 is 2.66 bits per heavy atom. The summed E-state index contributed by atoms with van der Waals surface area (Å²) >= 11 is 1.35. The first-order valence-corrected chi connectivity index (χ1v) is 10.6. The van der Waals surface area contributed by atoms with Gasteiger partial charge in [-0.05, 0) is 31.1 Å². The number of anilines is 1. The first-order chi connectivity index (χ1) is 14.0. The van der Waals surface area contributed by atoms with Crippen LogP contribution in [-0.4, -0.2) is 40.6 Å². The van der Waals surface area contributed by atoms with E-state index < -0.39 is 0 Å². The molecule has 0 saturated heterocycles. The summed E-state index contributed by atoms with van der Waals surface area (Å²) in [5, 5.41) is 3.48. The Kier molecular flexibility index (Phi) is 6.77. The molecule has 1 aliphatic rings. The van der Waals surface area contributed by atoms with Gasteiger partial charge in [0.1, 0.15) is 10.8 Å². The highest BCUT2D eigenvalue weighted by atomic mass is 32.1. The van der Waals surface area contributed by atoms with Gasteiger partial charge in [0.2, 0.25) is 5.91 Å². The van der Waals surface area contributed by atoms with Gasteiger partial charge in [-0.2, -0.15) is 0 Å². The van der Waals surface area contributed by atoms with Gasteiger partial charge in [0.05, 0.1) is 17.4 Å². The number of carbonyl (C=O) groups excluding carboxylic acids is 2. The monoisotopic (exact) mass is 411 g/mol. The molecule has 0 fully saturated rings. The average Bonchev–Trinajstić information content (AvgIpc) is 3.14. The third-order valence-electron chi connectivity index (χ3n) is 4.48. The molecule has 0 aliphatic carbocycles. The Labute approximate surface area is 174 Å². The van der Waals surface area contributed by atoms with Crippen LogP contribution in [0.5, 0.6) is 0 Å². The number of carbonyl (C=O) groups is 2. The van der Waals surface area contributed by atoms with Crippen LogP contribution in [0, 0.1) is 0 Å². The van der Waals surface area contributed by atoms with Crippen molar-refractivity contribution in [2.24, 2.45) is 10.7 Å². The van der Waals surface area contributed by atoms with Crippen LogP contribution in [-0.2, 0) is 4.79 Å². The molecule has 2 amide bonds. The highest BCUT2D eigenvalue weighted by molar-refractivity contribution is 7.14. The van der Waals surface area contributed by atoms with Crippen molar-refractivity contribution in [1.82, 2.24) is 9.88 Å². The Morgan fingerprint density at radius 2 is 2.00 bits per heavy atom. The van der Waals surface area contributed by atoms with E-state index in [-0.39, 0.29) is 11.8 Å². The highest BCUT2D eigenvalue weighted by Gasteiger charge is 2.21. The van der Waals surface area contributed by atoms with Gasteiger partial charge in [-0.15, -0.1) is 11.3 Å². The molecule has 3 rings (SSSR count). The molecule has 0 saturated carbocycles. The van der Waals surface area contributed by atoms with Crippen molar-refractivity contribution in [3.63, 3.8) is 0 Å². The molecular weight excluding hydrogens is 386 g/mol. The van der Waals surface area contributed by atoms with Gasteiger partial charge in [0.25, 0.3) is 5.91 Å². The second kappa shape index (κ2) is 9.47. The molecule has 1 aliphatic heterocycles. The minimum absolute atomic E-state index is 0.00767. The van der Waals surface area contributed by atoms with Crippen molar-refractivity contribution in [2.75, 3.05) is 18.4 Å². The number of fused-ring (bicyclic) bond motifs is 1. The lowest BCUT2D eigenvalue weighted by molar-refractivity contribution is -0.127. The molecule has 3 N–H and O–H groups in total. The molecule has 8 heteroatoms. The van der Waals surface area contributed by atoms with Gasteiger partial charge in [-0.3, -0.25) is 14.6 Å². The largest absolute Gasteiger partial charge is 0.387 e. The van der Waals surface area contributed by atoms with E-state index in [4.69, 9.17) is 5.73 Å². The summed E-state index contributed by atoms with van der Waals surface area (Å²) in [7, 11) is 0. The summed E-state index contributed by atoms with van der Waals surface area (Å²) in [4.78, 5) is 35.8. The second-order valence-electron chi connectivity index (χ2n) is 6.84. The van der Waals surface area contributed by atoms with Crippen LogP contribution in [0.2, 0.25) is 0 Å². The van der Waals surface area contributed by atoms with Gasteiger partial charge >= 0.3 is 0 Å². The maximum absolute atomic E-state index is 13.0. The van der Waals surface area contributed by atoms with E-state index in [2.05, 4.69) is 29.1 Å². The Bertz CT molecular complexity index is 944. The summed E-state index contributed by atoms with van der Waals surface area (Å²) in [6.45, 7) is 5.54. The summed E-state index contributed by atoms with van der Waals surface area (Å²) in [5.74, 6) is 0.107. The lowest BCUT2D eigenvalue weighted by Gasteiger charge is -2.22. The molecule has 0 bridgehead atoms. The minimum atomic E-state index is -0.243. The van der Waals surface area contributed by atoms with Gasteiger partial charge in [-0.25, -0.2) is 4.99 Å². The molecule has 29 heavy (non-hydrogen) atoms. The number of nitrogens with two attached hydrogens (primary N) is 1. The lowest BCUT2D eigenvalue weighted by atomic mass is 10.0. The SMILES string of the molecule is CCCN(CCC)C(=O)C1=Cc2ccc(C(=O)Nc3cncs3)cc2N=C(N)C1. The standard InChI is InChI=1S/C21H25N5O2S/c1-3-7-26(8-4-2)21(28)16-9-14-5-6-15(10-17(14)24-18(22)11-16)20(27)25-19-12-23-13-29-19/h5-6,9-10,12-13H,3-4,7-8,11H2,1-2H3,(H2,22,24)(H,25,27). The zero-order chi connectivity index (χ0) is 20.8. The van der Waals surface area contributed by atoms with E-state index in [1.807, 2.05) is 11.0 Å². The van der Waals surface area contributed by atoms with Gasteiger partial charge in [0.15, 0.2) is 0 Å². The number of aromatic nitrogens is 1. The number of thiazole rings is 1. The number of nitrogens with one attached hydrogen (secondary N) is 1. The number of hydrogen-bond donors (Lipinski definition) is 2. The predicted octanol–water partition coefficient (Wildman–Crippen LogP) is 3.82. The van der Waals surface area contributed by atoms with Crippen molar-refractivity contribution < 1.29 is 9.59 Å². The van der Waals surface area contributed by atoms with Gasteiger partial charge < -0.3 is 16.0 Å². The van der Waals surface area contributed by atoms with Gasteiger partial charge in [0, 0.05) is 36.2 Å². The number of hydrogen-bond acceptors (Lipinski definition) is 6. The number of benzene rings is 1. The molecule has 2 aromatic rings. The molecule has 0 unspecified atom stereocenters. The third-order valence-corrected chi connectivity index (χ3v) is 5.16. The maximum Gasteiger partial charge on any atom is 0.256 e. The molecule has 0 radical (unpaired) electrons. The number of amides is 2. The van der Waals surface area contributed by atoms with Crippen molar-refractivity contribution in [2.45, 2.75) is 33.1 Å². The van der Waals surface area contributed by atoms with Crippen LogP contribution in [0.3, 0.4) is 0 Å². The smallest absolute Gasteiger partial charge is 0.256 e. The number of aliphatic imine (C=N–C) groups is 1. The molecule has 0 spiro atoms. The summed E-state index contributed by atoms with van der Waals surface area (Å²) in [6, 6.07) is 5.22. The fourth-order valence-corrected chi connectivity index (χ4v) is 3.70. The summed E-state index contributed by atoms with van der Waals surface area (Å²) in [6.07, 6.45) is 5.53. The second-order valence-corrected chi connectivity index (χ2v) is 7.72. The van der Waals surface area contributed by atoms with Crippen LogP contribution in [0.4, 0.5) is 10.7 Å². The van der Waals surface area contributed by atoms with E-state index in [0.29, 0.717) is 47.2 Å². The Balaban J connectivity index is 1.88. The molecule has 1 aromatic carbocycles. The number of nitrogens with zero attached hydrogens (tertiary/aromatic N) is 3. The van der Waals surface area contributed by atoms with Crippen molar-refractivity contribution in [3.8, 4) is 0 Å². The quantitative estimate of drug-likeness (QED) is 0.723. The molecule has 1 aromatic heterocycles. The maximum atomic E-state index is 13.0. The predicted molar refractivity (Wildman–Crippen MR) is 118 cm³/mol. The number of rotatable bonds is 7. The highest BCUT2D eigenvalue weighted by Crippen LogP contribution is 2.29. The third kappa shape index (κ3) is 5.08. The molecule has 2 heterocycles. The number of amidine groups is 1. The van der Waals surface area contributed by atoms with Crippen LogP contribution >= 0.6 is 11.3 Å². The zero-order valence-electron chi connectivity index (χ0n) is 16.6. The fourth-order valence-electron chi connectivity index (χ4n) is 3.19. The van der Waals surface area contributed by atoms with Crippen LogP contribution in [0.15, 0.2) is 40.5 Å². The summed E-state index contributed by atoms with van der Waals surface area (Å²) in [5.41, 5.74) is 10.2. The van der Waals surface area contributed by atoms with Crippen LogP contribution in [0.1, 0.15) is 49.0 Å². The molecule has 7 nitrogen and oxygen atoms in total. The average molecular weight is 412 g/mol. The van der Waals surface area contributed by atoms with Crippen molar-refractivity contribution in [1.29, 1.82) is 0 Å². The van der Waals surface area contributed by atoms with E-state index in [9.17, 15) is 9.59 Å². The van der Waals surface area contributed by atoms with Crippen LogP contribution in [0.25, 0.3) is 6.08 Å². The minimum Gasteiger partial charge on any atom is -0.387 e. The molecule has 0 atom stereocenters. The summed E-state index contributed by atoms with van der Waals surface area (Å²) < 4.78 is 0. The van der Waals surface area contributed by atoms with E-state index >= 15 is 0 Å². The first kappa shape index (κ1) is 20.7.